The van der Waals surface area contributed by atoms with Gasteiger partial charge in [-0.3, -0.25) is 19.2 Å². The average molecular weight is 729 g/mol. The second kappa shape index (κ2) is 20.2. The Morgan fingerprint density at radius 1 is 1.00 bits per heavy atom. The Labute approximate surface area is 310 Å². The Kier molecular flexibility index (Phi) is 17.2. The first-order valence-electron chi connectivity index (χ1n) is 18.8. The number of likely N-dealkylation sites (tertiary alicyclic amines) is 1. The number of carbonyl (C=O) groups is 6. The van der Waals surface area contributed by atoms with Crippen LogP contribution in [0.4, 0.5) is 9.59 Å². The van der Waals surface area contributed by atoms with Gasteiger partial charge in [-0.1, -0.05) is 80.7 Å². The predicted molar refractivity (Wildman–Crippen MR) is 201 cm³/mol. The summed E-state index contributed by atoms with van der Waals surface area (Å²) in [5.41, 5.74) is -1.09. The van der Waals surface area contributed by atoms with E-state index >= 15 is 0 Å². The zero-order valence-corrected chi connectivity index (χ0v) is 32.7. The fourth-order valence-electron chi connectivity index (χ4n) is 6.70. The minimum Gasteiger partial charge on any atom is -0.447 e. The lowest BCUT2D eigenvalue weighted by Crippen LogP contribution is -2.62. The molecule has 5 N–H and O–H groups in total. The van der Waals surface area contributed by atoms with Gasteiger partial charge in [-0.15, -0.1) is 18.9 Å². The van der Waals surface area contributed by atoms with Crippen molar-refractivity contribution in [3.63, 3.8) is 0 Å². The van der Waals surface area contributed by atoms with E-state index in [0.717, 1.165) is 19.3 Å². The van der Waals surface area contributed by atoms with Gasteiger partial charge in [0.25, 0.3) is 5.91 Å². The minimum absolute atomic E-state index is 0.0200. The molecule has 0 aromatic carbocycles. The van der Waals surface area contributed by atoms with E-state index in [1.807, 2.05) is 55.4 Å². The van der Waals surface area contributed by atoms with Gasteiger partial charge in [0.2, 0.25) is 17.6 Å². The van der Waals surface area contributed by atoms with Crippen molar-refractivity contribution in [1.29, 1.82) is 0 Å². The molecule has 0 bridgehead atoms. The highest BCUT2D eigenvalue weighted by molar-refractivity contribution is 6.38. The van der Waals surface area contributed by atoms with E-state index in [-0.39, 0.29) is 56.2 Å². The van der Waals surface area contributed by atoms with E-state index in [1.54, 1.807) is 0 Å². The summed E-state index contributed by atoms with van der Waals surface area (Å²) in [5.74, 6) is 0.192. The molecule has 13 nitrogen and oxygen atoms in total. The summed E-state index contributed by atoms with van der Waals surface area (Å²) in [6, 6.07) is -4.24. The van der Waals surface area contributed by atoms with Crippen molar-refractivity contribution < 1.29 is 33.5 Å². The number of ketones is 1. The van der Waals surface area contributed by atoms with Crippen LogP contribution in [0.1, 0.15) is 107 Å². The van der Waals surface area contributed by atoms with Gasteiger partial charge < -0.3 is 36.2 Å². The molecule has 52 heavy (non-hydrogen) atoms. The lowest BCUT2D eigenvalue weighted by molar-refractivity contribution is -0.144. The van der Waals surface area contributed by atoms with Crippen molar-refractivity contribution in [3.8, 4) is 12.3 Å². The van der Waals surface area contributed by atoms with Crippen molar-refractivity contribution in [2.75, 3.05) is 26.2 Å². The highest BCUT2D eigenvalue weighted by Gasteiger charge is 2.49. The number of terminal acetylenes is 1. The van der Waals surface area contributed by atoms with Crippen molar-refractivity contribution in [2.24, 2.45) is 28.6 Å². The number of urea groups is 1. The smallest absolute Gasteiger partial charge is 0.407 e. The van der Waals surface area contributed by atoms with E-state index in [4.69, 9.17) is 11.2 Å². The van der Waals surface area contributed by atoms with E-state index in [2.05, 4.69) is 39.1 Å². The fourth-order valence-corrected chi connectivity index (χ4v) is 6.70. The second-order valence-corrected chi connectivity index (χ2v) is 16.5. The van der Waals surface area contributed by atoms with E-state index in [1.165, 1.54) is 11.0 Å². The average Bonchev–Trinajstić information content (AvgIpc) is 3.54. The summed E-state index contributed by atoms with van der Waals surface area (Å²) < 4.78 is 5.46. The molecule has 0 spiro atoms. The van der Waals surface area contributed by atoms with Gasteiger partial charge in [-0.25, -0.2) is 9.59 Å². The third-order valence-electron chi connectivity index (χ3n) is 10.3. The maximum atomic E-state index is 14.8. The van der Waals surface area contributed by atoms with Gasteiger partial charge >= 0.3 is 12.1 Å². The van der Waals surface area contributed by atoms with Crippen LogP contribution in [-0.2, 0) is 23.9 Å². The molecule has 5 atom stereocenters. The summed E-state index contributed by atoms with van der Waals surface area (Å²) in [7, 11) is 0. The molecule has 2 aliphatic rings. The summed E-state index contributed by atoms with van der Waals surface area (Å²) in [5, 5.41) is 13.8. The lowest BCUT2D eigenvalue weighted by atomic mass is 9.70. The summed E-state index contributed by atoms with van der Waals surface area (Å²) >= 11 is 0. The Morgan fingerprint density at radius 3 is 2.21 bits per heavy atom. The molecule has 4 unspecified atom stereocenters. The van der Waals surface area contributed by atoms with E-state index in [0.29, 0.717) is 25.8 Å². The molecule has 2 fully saturated rings. The molecular weight excluding hydrogens is 664 g/mol. The van der Waals surface area contributed by atoms with Crippen molar-refractivity contribution >= 4 is 35.6 Å². The van der Waals surface area contributed by atoms with Crippen LogP contribution in [0, 0.1) is 40.9 Å². The molecule has 13 heteroatoms. The Hall–Kier alpha value is -4.08. The molecule has 292 valence electrons. The van der Waals surface area contributed by atoms with Crippen LogP contribution in [0.5, 0.6) is 0 Å². The van der Waals surface area contributed by atoms with Gasteiger partial charge in [-0.2, -0.15) is 0 Å². The first kappa shape index (κ1) is 44.1. The van der Waals surface area contributed by atoms with Crippen LogP contribution < -0.4 is 26.6 Å². The number of hydrogen-bond donors (Lipinski definition) is 5. The number of alkyl carbamates (subject to hydrolysis) is 1. The third kappa shape index (κ3) is 13.2. The Balaban J connectivity index is 2.38. The van der Waals surface area contributed by atoms with E-state index in [9.17, 15) is 28.8 Å². The maximum absolute atomic E-state index is 14.8. The number of ether oxygens (including phenoxy) is 1. The monoisotopic (exact) mass is 728 g/mol. The number of hydrogen-bond acceptors (Lipinski definition) is 7. The minimum atomic E-state index is -1.18. The van der Waals surface area contributed by atoms with Crippen LogP contribution >= 0.6 is 0 Å². The largest absolute Gasteiger partial charge is 0.447 e. The van der Waals surface area contributed by atoms with Crippen LogP contribution in [0.25, 0.3) is 0 Å². The number of Topliss-reactive ketones (excluding diaryl/α,β-unsaturated/α-hetero) is 1. The molecule has 1 heterocycles. The Bertz CT molecular complexity index is 1310. The molecule has 6 amide bonds. The molecular formula is C39H64N6O7. The maximum Gasteiger partial charge on any atom is 0.407 e. The van der Waals surface area contributed by atoms with Gasteiger partial charge in [0.1, 0.15) is 18.7 Å². The first-order chi connectivity index (χ1) is 24.3. The number of carbonyl (C=O) groups excluding carboxylic acids is 6. The SMILES string of the molecule is C#CCCC(NC(=O)C1C[C@@H](C(C)C)CN1C(=O)C(NC(=O)NC(COC(=O)NCC(C)C)C(C)(C)C)C1(C)CCCCC1)C(=O)C(=O)NCC=C. The van der Waals surface area contributed by atoms with Crippen LogP contribution in [-0.4, -0.2) is 90.9 Å². The van der Waals surface area contributed by atoms with Crippen LogP contribution in [0.2, 0.25) is 0 Å². The highest BCUT2D eigenvalue weighted by Crippen LogP contribution is 2.41. The molecule has 2 rings (SSSR count). The first-order valence-corrected chi connectivity index (χ1v) is 18.8. The number of amides is 6. The van der Waals surface area contributed by atoms with Crippen molar-refractivity contribution in [1.82, 2.24) is 31.5 Å². The standard InChI is InChI=1S/C39H64N6O7/c1-11-13-17-28(31(46)34(48)40-20-12-2)42-33(47)29-21-27(26(5)6)23-45(29)35(49)32(39(10)18-15-14-16-19-39)44-36(50)43-30(38(7,8)9)24-52-37(51)41-22-25(3)4/h1,12,25-30,32H,2,13-24H2,3-10H3,(H,40,48)(H,41,51)(H,42,47)(H2,43,44,50)/t27-,28?,29?,30?,32?/m1/s1. The second-order valence-electron chi connectivity index (χ2n) is 16.5. The predicted octanol–water partition coefficient (Wildman–Crippen LogP) is 4.06. The lowest BCUT2D eigenvalue weighted by Gasteiger charge is -2.42. The molecule has 0 radical (unpaired) electrons. The molecule has 0 aromatic heterocycles. The summed E-state index contributed by atoms with van der Waals surface area (Å²) in [6.45, 7) is 20.0. The molecule has 0 aromatic rings. The van der Waals surface area contributed by atoms with E-state index < -0.39 is 64.7 Å². The molecule has 1 saturated carbocycles. The zero-order valence-electron chi connectivity index (χ0n) is 32.7. The topological polar surface area (TPSA) is 175 Å². The Morgan fingerprint density at radius 2 is 1.65 bits per heavy atom. The van der Waals surface area contributed by atoms with Gasteiger partial charge in [0.05, 0.1) is 12.1 Å². The van der Waals surface area contributed by atoms with Gasteiger partial charge in [0.15, 0.2) is 0 Å². The normalized spacial score (nSPS) is 20.1. The van der Waals surface area contributed by atoms with Crippen molar-refractivity contribution in [3.05, 3.63) is 12.7 Å². The third-order valence-corrected chi connectivity index (χ3v) is 10.3. The fraction of sp³-hybridized carbons (Fsp3) is 0.744. The summed E-state index contributed by atoms with van der Waals surface area (Å²) in [4.78, 5) is 82.1. The number of rotatable bonds is 17. The van der Waals surface area contributed by atoms with Crippen molar-refractivity contribution in [2.45, 2.75) is 131 Å². The molecule has 1 aliphatic carbocycles. The quantitative estimate of drug-likeness (QED) is 0.0853. The van der Waals surface area contributed by atoms with Crippen LogP contribution in [0.15, 0.2) is 12.7 Å². The summed E-state index contributed by atoms with van der Waals surface area (Å²) in [6.07, 6.45) is 11.1. The number of nitrogens with one attached hydrogen (secondary N) is 5. The zero-order chi connectivity index (χ0) is 39.2. The molecule has 1 saturated heterocycles. The van der Waals surface area contributed by atoms with Gasteiger partial charge in [0, 0.05) is 26.1 Å². The highest BCUT2D eigenvalue weighted by atomic mass is 16.5. The van der Waals surface area contributed by atoms with Crippen LogP contribution in [0.3, 0.4) is 0 Å². The molecule has 1 aliphatic heterocycles. The van der Waals surface area contributed by atoms with Gasteiger partial charge in [-0.05, 0) is 54.3 Å². The number of nitrogens with zero attached hydrogens (tertiary/aromatic N) is 1.